The molecular formula is C12H11N3O5S. The van der Waals surface area contributed by atoms with Gasteiger partial charge in [0.2, 0.25) is 5.56 Å². The number of rotatable bonds is 4. The van der Waals surface area contributed by atoms with Crippen molar-refractivity contribution in [2.75, 3.05) is 4.72 Å². The lowest BCUT2D eigenvalue weighted by Crippen LogP contribution is -2.18. The number of benzene rings is 1. The lowest BCUT2D eigenvalue weighted by atomic mass is 10.3. The van der Waals surface area contributed by atoms with E-state index in [4.69, 9.17) is 0 Å². The maximum atomic E-state index is 12.2. The fourth-order valence-corrected chi connectivity index (χ4v) is 2.72. The van der Waals surface area contributed by atoms with Crippen molar-refractivity contribution in [1.82, 2.24) is 4.57 Å². The molecule has 0 saturated heterocycles. The molecule has 0 fully saturated rings. The molecule has 2 aromatic rings. The number of nitro groups is 1. The van der Waals surface area contributed by atoms with Crippen LogP contribution in [0, 0.1) is 10.1 Å². The Morgan fingerprint density at radius 3 is 2.57 bits per heavy atom. The molecule has 8 nitrogen and oxygen atoms in total. The van der Waals surface area contributed by atoms with Crippen molar-refractivity contribution in [3.8, 4) is 0 Å². The number of non-ortho nitro benzene ring substituents is 1. The molecule has 0 atom stereocenters. The van der Waals surface area contributed by atoms with Gasteiger partial charge in [-0.2, -0.15) is 0 Å². The summed E-state index contributed by atoms with van der Waals surface area (Å²) in [5.74, 6) is 0. The van der Waals surface area contributed by atoms with Gasteiger partial charge in [-0.1, -0.05) is 6.07 Å². The summed E-state index contributed by atoms with van der Waals surface area (Å²) in [6, 6.07) is 7.23. The molecule has 1 aromatic heterocycles. The number of nitrogens with zero attached hydrogens (tertiary/aromatic N) is 2. The Morgan fingerprint density at radius 2 is 1.95 bits per heavy atom. The van der Waals surface area contributed by atoms with E-state index in [0.29, 0.717) is 0 Å². The van der Waals surface area contributed by atoms with E-state index >= 15 is 0 Å². The van der Waals surface area contributed by atoms with E-state index in [1.165, 1.54) is 48.1 Å². The maximum Gasteiger partial charge on any atom is 0.270 e. The molecule has 1 aromatic carbocycles. The number of pyridine rings is 1. The Hall–Kier alpha value is -2.68. The number of hydrogen-bond acceptors (Lipinski definition) is 5. The van der Waals surface area contributed by atoms with Gasteiger partial charge >= 0.3 is 0 Å². The van der Waals surface area contributed by atoms with Crippen LogP contribution in [0.15, 0.2) is 52.3 Å². The van der Waals surface area contributed by atoms with E-state index in [1.807, 2.05) is 0 Å². The normalized spacial score (nSPS) is 11.1. The number of anilines is 1. The highest BCUT2D eigenvalue weighted by Gasteiger charge is 2.17. The van der Waals surface area contributed by atoms with Gasteiger partial charge in [-0.25, -0.2) is 8.42 Å². The molecule has 1 N–H and O–H groups in total. The molecule has 21 heavy (non-hydrogen) atoms. The van der Waals surface area contributed by atoms with Gasteiger partial charge in [0, 0.05) is 31.4 Å². The molecular weight excluding hydrogens is 298 g/mol. The van der Waals surface area contributed by atoms with E-state index in [9.17, 15) is 23.3 Å². The summed E-state index contributed by atoms with van der Waals surface area (Å²) in [5.41, 5.74) is -0.421. The van der Waals surface area contributed by atoms with Gasteiger partial charge in [0.05, 0.1) is 15.5 Å². The second-order valence-electron chi connectivity index (χ2n) is 4.23. The summed E-state index contributed by atoms with van der Waals surface area (Å²) in [7, 11) is -2.49. The summed E-state index contributed by atoms with van der Waals surface area (Å²) in [6.07, 6.45) is 1.32. The predicted molar refractivity (Wildman–Crippen MR) is 75.6 cm³/mol. The lowest BCUT2D eigenvalue weighted by Gasteiger charge is -2.08. The Labute approximate surface area is 119 Å². The predicted octanol–water partition coefficient (Wildman–Crippen LogP) is 1.09. The first-order valence-electron chi connectivity index (χ1n) is 5.73. The van der Waals surface area contributed by atoms with Crippen molar-refractivity contribution in [3.63, 3.8) is 0 Å². The highest BCUT2D eigenvalue weighted by Crippen LogP contribution is 2.19. The van der Waals surface area contributed by atoms with Crippen LogP contribution in [0.5, 0.6) is 0 Å². The monoisotopic (exact) mass is 309 g/mol. The Bertz CT molecular complexity index is 857. The zero-order chi connectivity index (χ0) is 15.6. The SMILES string of the molecule is Cn1cc(NS(=O)(=O)c2cccc([N+](=O)[O-])c2)ccc1=O. The molecule has 0 aliphatic carbocycles. The van der Waals surface area contributed by atoms with Crippen LogP contribution in [0.2, 0.25) is 0 Å². The highest BCUT2D eigenvalue weighted by atomic mass is 32.2. The molecule has 110 valence electrons. The number of nitro benzene ring substituents is 1. The minimum Gasteiger partial charge on any atom is -0.316 e. The second-order valence-corrected chi connectivity index (χ2v) is 5.91. The maximum absolute atomic E-state index is 12.2. The van der Waals surface area contributed by atoms with Crippen molar-refractivity contribution in [3.05, 3.63) is 63.1 Å². The average molecular weight is 309 g/mol. The van der Waals surface area contributed by atoms with Gasteiger partial charge < -0.3 is 4.57 Å². The van der Waals surface area contributed by atoms with Crippen LogP contribution in [0.25, 0.3) is 0 Å². The minimum absolute atomic E-state index is 0.184. The van der Waals surface area contributed by atoms with Crippen LogP contribution in [-0.4, -0.2) is 17.9 Å². The van der Waals surface area contributed by atoms with E-state index in [2.05, 4.69) is 4.72 Å². The first kappa shape index (κ1) is 14.7. The standard InChI is InChI=1S/C12H11N3O5S/c1-14-8-9(5-6-12(14)16)13-21(19,20)11-4-2-3-10(7-11)15(17)18/h2-8,13H,1H3. The molecule has 2 rings (SSSR count). The number of sulfonamides is 1. The number of nitrogens with one attached hydrogen (secondary N) is 1. The first-order chi connectivity index (χ1) is 9.79. The summed E-state index contributed by atoms with van der Waals surface area (Å²) in [4.78, 5) is 21.0. The summed E-state index contributed by atoms with van der Waals surface area (Å²) in [5, 5.41) is 10.7. The topological polar surface area (TPSA) is 111 Å². The second kappa shape index (κ2) is 5.37. The van der Waals surface area contributed by atoms with Crippen molar-refractivity contribution < 1.29 is 13.3 Å². The Morgan fingerprint density at radius 1 is 1.24 bits per heavy atom. The van der Waals surface area contributed by atoms with E-state index < -0.39 is 14.9 Å². The summed E-state index contributed by atoms with van der Waals surface area (Å²) in [6.45, 7) is 0. The lowest BCUT2D eigenvalue weighted by molar-refractivity contribution is -0.385. The molecule has 0 radical (unpaired) electrons. The van der Waals surface area contributed by atoms with Gasteiger partial charge in [0.15, 0.2) is 0 Å². The third-order valence-corrected chi connectivity index (χ3v) is 4.06. The molecule has 1 heterocycles. The van der Waals surface area contributed by atoms with Crippen LogP contribution in [0.3, 0.4) is 0 Å². The zero-order valence-electron chi connectivity index (χ0n) is 10.9. The Balaban J connectivity index is 2.38. The van der Waals surface area contributed by atoms with Crippen LogP contribution in [-0.2, 0) is 17.1 Å². The van der Waals surface area contributed by atoms with Gasteiger partial charge in [-0.3, -0.25) is 19.6 Å². The molecule has 0 aliphatic rings. The van der Waals surface area contributed by atoms with Gasteiger partial charge in [0.25, 0.3) is 15.7 Å². The third kappa shape index (κ3) is 3.26. The zero-order valence-corrected chi connectivity index (χ0v) is 11.7. The number of hydrogen-bond donors (Lipinski definition) is 1. The van der Waals surface area contributed by atoms with E-state index in [1.54, 1.807) is 0 Å². The highest BCUT2D eigenvalue weighted by molar-refractivity contribution is 7.92. The van der Waals surface area contributed by atoms with Crippen molar-refractivity contribution in [1.29, 1.82) is 0 Å². The molecule has 0 bridgehead atoms. The van der Waals surface area contributed by atoms with Gasteiger partial charge in [0.1, 0.15) is 0 Å². The van der Waals surface area contributed by atoms with Gasteiger partial charge in [-0.15, -0.1) is 0 Å². The first-order valence-corrected chi connectivity index (χ1v) is 7.22. The van der Waals surface area contributed by atoms with Crippen LogP contribution < -0.4 is 10.3 Å². The minimum atomic E-state index is -3.97. The summed E-state index contributed by atoms with van der Waals surface area (Å²) >= 11 is 0. The third-order valence-electron chi connectivity index (χ3n) is 2.68. The average Bonchev–Trinajstić information content (AvgIpc) is 2.43. The quantitative estimate of drug-likeness (QED) is 0.671. The van der Waals surface area contributed by atoms with Crippen molar-refractivity contribution in [2.45, 2.75) is 4.90 Å². The number of aryl methyl sites for hydroxylation is 1. The van der Waals surface area contributed by atoms with E-state index in [0.717, 1.165) is 6.07 Å². The van der Waals surface area contributed by atoms with Crippen molar-refractivity contribution >= 4 is 21.4 Å². The summed E-state index contributed by atoms with van der Waals surface area (Å²) < 4.78 is 27.8. The van der Waals surface area contributed by atoms with Crippen LogP contribution >= 0.6 is 0 Å². The van der Waals surface area contributed by atoms with Crippen LogP contribution in [0.4, 0.5) is 11.4 Å². The van der Waals surface area contributed by atoms with Gasteiger partial charge in [-0.05, 0) is 12.1 Å². The largest absolute Gasteiger partial charge is 0.316 e. The molecule has 0 spiro atoms. The van der Waals surface area contributed by atoms with Crippen molar-refractivity contribution in [2.24, 2.45) is 7.05 Å². The molecule has 0 saturated carbocycles. The molecule has 0 aliphatic heterocycles. The number of aromatic nitrogens is 1. The molecule has 0 amide bonds. The fraction of sp³-hybridized carbons (Fsp3) is 0.0833. The molecule has 0 unspecified atom stereocenters. The Kier molecular flexibility index (Phi) is 3.76. The molecule has 9 heteroatoms. The van der Waals surface area contributed by atoms with Crippen LogP contribution in [0.1, 0.15) is 0 Å². The fourth-order valence-electron chi connectivity index (χ4n) is 1.63. The smallest absolute Gasteiger partial charge is 0.270 e. The van der Waals surface area contributed by atoms with E-state index in [-0.39, 0.29) is 21.8 Å².